The van der Waals surface area contributed by atoms with Crippen LogP contribution in [0.4, 0.5) is 5.13 Å². The summed E-state index contributed by atoms with van der Waals surface area (Å²) in [7, 11) is -3.66. The molecular weight excluding hydrogens is 390 g/mol. The summed E-state index contributed by atoms with van der Waals surface area (Å²) >= 11 is 1.30. The molecule has 1 aliphatic rings. The average Bonchev–Trinajstić information content (AvgIpc) is 3.15. The zero-order valence-electron chi connectivity index (χ0n) is 14.7. The van der Waals surface area contributed by atoms with Crippen molar-refractivity contribution in [2.45, 2.75) is 18.2 Å². The van der Waals surface area contributed by atoms with Crippen LogP contribution in [0.2, 0.25) is 0 Å². The van der Waals surface area contributed by atoms with Crippen LogP contribution in [-0.2, 0) is 21.2 Å². The summed E-state index contributed by atoms with van der Waals surface area (Å²) in [4.78, 5) is 24.7. The Kier molecular flexibility index (Phi) is 5.82. The fourth-order valence-electron chi connectivity index (χ4n) is 2.59. The van der Waals surface area contributed by atoms with Crippen molar-refractivity contribution in [2.24, 2.45) is 0 Å². The molecular formula is C16H19N5O4S2. The van der Waals surface area contributed by atoms with Gasteiger partial charge in [0.1, 0.15) is 5.01 Å². The van der Waals surface area contributed by atoms with Crippen LogP contribution in [0.25, 0.3) is 0 Å². The largest absolute Gasteiger partial charge is 0.343 e. The number of amides is 2. The number of aromatic nitrogens is 2. The van der Waals surface area contributed by atoms with Crippen molar-refractivity contribution in [3.63, 3.8) is 0 Å². The molecule has 1 N–H and O–H groups in total. The maximum atomic E-state index is 12.7. The van der Waals surface area contributed by atoms with Gasteiger partial charge in [-0.3, -0.25) is 14.9 Å². The van der Waals surface area contributed by atoms with E-state index in [0.717, 1.165) is 17.8 Å². The van der Waals surface area contributed by atoms with Crippen LogP contribution in [0.1, 0.15) is 22.3 Å². The highest BCUT2D eigenvalue weighted by Crippen LogP contribution is 2.20. The number of hydrogen-bond donors (Lipinski definition) is 1. The van der Waals surface area contributed by atoms with E-state index >= 15 is 0 Å². The smallest absolute Gasteiger partial charge is 0.257 e. The van der Waals surface area contributed by atoms with Gasteiger partial charge in [-0.1, -0.05) is 18.3 Å². The molecule has 3 rings (SSSR count). The number of anilines is 1. The molecule has 27 heavy (non-hydrogen) atoms. The Balaban J connectivity index is 1.68. The predicted molar refractivity (Wildman–Crippen MR) is 100 cm³/mol. The molecule has 1 aromatic carbocycles. The van der Waals surface area contributed by atoms with Gasteiger partial charge in [0.15, 0.2) is 0 Å². The fraction of sp³-hybridized carbons (Fsp3) is 0.375. The van der Waals surface area contributed by atoms with Gasteiger partial charge in [-0.2, -0.15) is 4.31 Å². The highest BCUT2D eigenvalue weighted by molar-refractivity contribution is 7.89. The minimum Gasteiger partial charge on any atom is -0.343 e. The van der Waals surface area contributed by atoms with Crippen molar-refractivity contribution in [3.05, 3.63) is 34.8 Å². The van der Waals surface area contributed by atoms with Crippen molar-refractivity contribution in [1.82, 2.24) is 19.4 Å². The Morgan fingerprint density at radius 1 is 1.19 bits per heavy atom. The highest BCUT2D eigenvalue weighted by atomic mass is 32.2. The van der Waals surface area contributed by atoms with Crippen LogP contribution in [-0.4, -0.2) is 66.3 Å². The number of nitrogens with one attached hydrogen (secondary N) is 1. The molecule has 1 fully saturated rings. The lowest BCUT2D eigenvalue weighted by Gasteiger charge is -2.31. The molecule has 1 saturated heterocycles. The third-order valence-electron chi connectivity index (χ3n) is 4.17. The first-order valence-corrected chi connectivity index (χ1v) is 10.6. The molecule has 1 aliphatic heterocycles. The topological polar surface area (TPSA) is 113 Å². The van der Waals surface area contributed by atoms with Crippen molar-refractivity contribution < 1.29 is 18.0 Å². The van der Waals surface area contributed by atoms with Gasteiger partial charge in [0.2, 0.25) is 21.6 Å². The Hall–Kier alpha value is -2.37. The van der Waals surface area contributed by atoms with Gasteiger partial charge in [-0.15, -0.1) is 10.2 Å². The van der Waals surface area contributed by atoms with Crippen LogP contribution >= 0.6 is 11.3 Å². The minimum atomic E-state index is -3.66. The molecule has 9 nitrogen and oxygen atoms in total. The molecule has 11 heteroatoms. The summed E-state index contributed by atoms with van der Waals surface area (Å²) in [6, 6.07) is 5.75. The number of piperazine rings is 1. The van der Waals surface area contributed by atoms with Crippen LogP contribution in [0.3, 0.4) is 0 Å². The lowest BCUT2D eigenvalue weighted by molar-refractivity contribution is -0.119. The number of sulfonamides is 1. The normalized spacial score (nSPS) is 15.5. The summed E-state index contributed by atoms with van der Waals surface area (Å²) in [5, 5.41) is 11.7. The second-order valence-electron chi connectivity index (χ2n) is 5.88. The minimum absolute atomic E-state index is 0.114. The van der Waals surface area contributed by atoms with E-state index in [1.54, 1.807) is 0 Å². The van der Waals surface area contributed by atoms with E-state index in [2.05, 4.69) is 15.5 Å². The summed E-state index contributed by atoms with van der Waals surface area (Å²) in [5.41, 5.74) is 0.327. The number of carbonyl (C=O) groups excluding carboxylic acids is 2. The molecule has 2 amide bonds. The van der Waals surface area contributed by atoms with Crippen LogP contribution in [0, 0.1) is 0 Å². The van der Waals surface area contributed by atoms with Gasteiger partial charge in [-0.05, 0) is 30.7 Å². The number of benzene rings is 1. The van der Waals surface area contributed by atoms with Crippen molar-refractivity contribution in [3.8, 4) is 0 Å². The van der Waals surface area contributed by atoms with Gasteiger partial charge in [0.25, 0.3) is 5.91 Å². The lowest BCUT2D eigenvalue weighted by Crippen LogP contribution is -2.47. The van der Waals surface area contributed by atoms with Crippen molar-refractivity contribution >= 4 is 38.8 Å². The van der Waals surface area contributed by atoms with E-state index in [9.17, 15) is 18.0 Å². The molecule has 2 heterocycles. The van der Waals surface area contributed by atoms with Gasteiger partial charge >= 0.3 is 0 Å². The first-order chi connectivity index (χ1) is 12.9. The molecule has 0 saturated carbocycles. The first kappa shape index (κ1) is 19.4. The monoisotopic (exact) mass is 409 g/mol. The molecule has 1 aromatic heterocycles. The third kappa shape index (κ3) is 4.31. The number of carbonyl (C=O) groups is 2. The van der Waals surface area contributed by atoms with E-state index in [-0.39, 0.29) is 23.9 Å². The predicted octanol–water partition coefficient (Wildman–Crippen LogP) is 0.816. The first-order valence-electron chi connectivity index (χ1n) is 8.37. The molecule has 0 radical (unpaired) electrons. The van der Waals surface area contributed by atoms with Crippen LogP contribution in [0.15, 0.2) is 29.2 Å². The SMILES string of the molecule is CCc1nnc(NC(=O)c2ccc(S(=O)(=O)N3CCN(C=O)CC3)cc2)s1. The fourth-order valence-corrected chi connectivity index (χ4v) is 4.69. The van der Waals surface area contributed by atoms with Gasteiger partial charge < -0.3 is 4.90 Å². The quantitative estimate of drug-likeness (QED) is 0.707. The molecule has 0 atom stereocenters. The third-order valence-corrected chi connectivity index (χ3v) is 7.06. The standard InChI is InChI=1S/C16H19N5O4S2/c1-2-14-18-19-16(26-14)17-15(23)12-3-5-13(6-4-12)27(24,25)21-9-7-20(11-22)8-10-21/h3-6,11H,2,7-10H2,1H3,(H,17,19,23). The Morgan fingerprint density at radius 3 is 2.41 bits per heavy atom. The number of aryl methyl sites for hydroxylation is 1. The average molecular weight is 409 g/mol. The van der Waals surface area contributed by atoms with E-state index in [1.807, 2.05) is 6.92 Å². The maximum Gasteiger partial charge on any atom is 0.257 e. The highest BCUT2D eigenvalue weighted by Gasteiger charge is 2.28. The van der Waals surface area contributed by atoms with Crippen LogP contribution in [0.5, 0.6) is 0 Å². The number of nitrogens with zero attached hydrogens (tertiary/aromatic N) is 4. The lowest BCUT2D eigenvalue weighted by atomic mass is 10.2. The zero-order chi connectivity index (χ0) is 19.4. The van der Waals surface area contributed by atoms with Crippen molar-refractivity contribution in [2.75, 3.05) is 31.5 Å². The summed E-state index contributed by atoms with van der Waals surface area (Å²) in [6.07, 6.45) is 1.46. The van der Waals surface area contributed by atoms with Crippen molar-refractivity contribution in [1.29, 1.82) is 0 Å². The number of rotatable bonds is 6. The molecule has 0 unspecified atom stereocenters. The molecule has 0 bridgehead atoms. The Labute approximate surface area is 161 Å². The summed E-state index contributed by atoms with van der Waals surface area (Å²) in [5.74, 6) is -0.377. The second kappa shape index (κ2) is 8.11. The van der Waals surface area contributed by atoms with Gasteiger partial charge in [0, 0.05) is 31.7 Å². The molecule has 144 valence electrons. The van der Waals surface area contributed by atoms with Crippen LogP contribution < -0.4 is 5.32 Å². The van der Waals surface area contributed by atoms with E-state index in [4.69, 9.17) is 0 Å². The van der Waals surface area contributed by atoms with Gasteiger partial charge in [0.05, 0.1) is 4.90 Å². The van der Waals surface area contributed by atoms with E-state index in [1.165, 1.54) is 44.8 Å². The second-order valence-corrected chi connectivity index (χ2v) is 8.88. The molecule has 0 aliphatic carbocycles. The molecule has 0 spiro atoms. The maximum absolute atomic E-state index is 12.7. The Morgan fingerprint density at radius 2 is 1.85 bits per heavy atom. The zero-order valence-corrected chi connectivity index (χ0v) is 16.3. The van der Waals surface area contributed by atoms with E-state index < -0.39 is 10.0 Å². The van der Waals surface area contributed by atoms with E-state index in [0.29, 0.717) is 23.8 Å². The summed E-state index contributed by atoms with van der Waals surface area (Å²) in [6.45, 7) is 3.18. The number of hydrogen-bond acceptors (Lipinski definition) is 7. The summed E-state index contributed by atoms with van der Waals surface area (Å²) < 4.78 is 26.7. The van der Waals surface area contributed by atoms with Gasteiger partial charge in [-0.25, -0.2) is 8.42 Å². The Bertz CT molecular complexity index is 919. The molecule has 2 aromatic rings.